The maximum Gasteiger partial charge on any atom is 0.161 e. The van der Waals surface area contributed by atoms with E-state index in [2.05, 4.69) is 15.0 Å². The van der Waals surface area contributed by atoms with Crippen LogP contribution in [0.5, 0.6) is 5.75 Å². The number of carbonyl (C=O) groups is 1. The first-order valence-corrected chi connectivity index (χ1v) is 5.76. The zero-order valence-electron chi connectivity index (χ0n) is 10.3. The summed E-state index contributed by atoms with van der Waals surface area (Å²) in [5.74, 6) is 1.27. The van der Waals surface area contributed by atoms with E-state index in [1.54, 1.807) is 31.5 Å². The van der Waals surface area contributed by atoms with Gasteiger partial charge in [0, 0.05) is 11.8 Å². The third-order valence-electron chi connectivity index (χ3n) is 2.86. The normalized spacial score (nSPS) is 10.6. The minimum Gasteiger partial charge on any atom is -0.494 e. The Labute approximate surface area is 109 Å². The number of benzene rings is 1. The number of carbonyl (C=O) groups excluding carboxylic acids is 1. The van der Waals surface area contributed by atoms with Crippen molar-refractivity contribution in [1.82, 2.24) is 15.0 Å². The molecule has 0 aliphatic heterocycles. The van der Waals surface area contributed by atoms with E-state index in [1.165, 1.54) is 0 Å². The van der Waals surface area contributed by atoms with Crippen LogP contribution in [0.25, 0.3) is 22.6 Å². The fourth-order valence-electron chi connectivity index (χ4n) is 1.94. The summed E-state index contributed by atoms with van der Waals surface area (Å²) in [5.41, 5.74) is 2.83. The molecular formula is C14H11N3O2. The fourth-order valence-corrected chi connectivity index (χ4v) is 1.94. The molecule has 0 fully saturated rings. The number of hydrogen-bond acceptors (Lipinski definition) is 4. The summed E-state index contributed by atoms with van der Waals surface area (Å²) >= 11 is 0. The van der Waals surface area contributed by atoms with Gasteiger partial charge in [-0.15, -0.1) is 0 Å². The molecule has 0 amide bonds. The second kappa shape index (κ2) is 4.53. The highest BCUT2D eigenvalue weighted by Crippen LogP contribution is 2.26. The molecule has 3 rings (SSSR count). The lowest BCUT2D eigenvalue weighted by Crippen LogP contribution is -1.91. The molecule has 3 aromatic rings. The molecule has 1 N–H and O–H groups in total. The van der Waals surface area contributed by atoms with Gasteiger partial charge >= 0.3 is 0 Å². The fraction of sp³-hybridized carbons (Fsp3) is 0.0714. The number of aromatic nitrogens is 3. The van der Waals surface area contributed by atoms with Crippen molar-refractivity contribution in [3.05, 3.63) is 42.1 Å². The molecule has 0 bridgehead atoms. The van der Waals surface area contributed by atoms with Crippen LogP contribution in [0.3, 0.4) is 0 Å². The molecule has 0 aliphatic carbocycles. The Balaban J connectivity index is 2.17. The number of nitrogens with zero attached hydrogens (tertiary/aromatic N) is 2. The number of ether oxygens (including phenoxy) is 1. The van der Waals surface area contributed by atoms with E-state index in [-0.39, 0.29) is 0 Å². The molecule has 0 unspecified atom stereocenters. The third kappa shape index (κ3) is 1.95. The quantitative estimate of drug-likeness (QED) is 0.728. The molecule has 0 saturated heterocycles. The maximum atomic E-state index is 10.8. The number of fused-ring (bicyclic) bond motifs is 1. The molecule has 0 saturated carbocycles. The van der Waals surface area contributed by atoms with Crippen LogP contribution in [-0.4, -0.2) is 28.3 Å². The van der Waals surface area contributed by atoms with Gasteiger partial charge in [0.15, 0.2) is 5.82 Å². The first kappa shape index (κ1) is 11.4. The topological polar surface area (TPSA) is 67.9 Å². The van der Waals surface area contributed by atoms with Crippen molar-refractivity contribution in [1.29, 1.82) is 0 Å². The van der Waals surface area contributed by atoms with Crippen molar-refractivity contribution in [2.24, 2.45) is 0 Å². The van der Waals surface area contributed by atoms with Crippen molar-refractivity contribution in [2.75, 3.05) is 7.11 Å². The zero-order chi connectivity index (χ0) is 13.2. The number of pyridine rings is 1. The second-order valence-electron chi connectivity index (χ2n) is 4.03. The minimum atomic E-state index is 0.596. The first-order chi connectivity index (χ1) is 9.31. The first-order valence-electron chi connectivity index (χ1n) is 5.76. The Morgan fingerprint density at radius 1 is 1.32 bits per heavy atom. The van der Waals surface area contributed by atoms with E-state index < -0.39 is 0 Å². The smallest absolute Gasteiger partial charge is 0.161 e. The van der Waals surface area contributed by atoms with Crippen LogP contribution in [0.2, 0.25) is 0 Å². The van der Waals surface area contributed by atoms with Gasteiger partial charge in [-0.1, -0.05) is 0 Å². The van der Waals surface area contributed by atoms with Crippen molar-refractivity contribution in [2.45, 2.75) is 0 Å². The highest BCUT2D eigenvalue weighted by molar-refractivity contribution is 5.86. The number of imidazole rings is 1. The number of aromatic amines is 1. The maximum absolute atomic E-state index is 10.8. The van der Waals surface area contributed by atoms with Crippen molar-refractivity contribution >= 4 is 17.3 Å². The van der Waals surface area contributed by atoms with Crippen molar-refractivity contribution in [3.63, 3.8) is 0 Å². The lowest BCUT2D eigenvalue weighted by Gasteiger charge is -2.03. The van der Waals surface area contributed by atoms with E-state index in [0.29, 0.717) is 22.8 Å². The Hall–Kier alpha value is -2.69. The molecule has 2 aromatic heterocycles. The van der Waals surface area contributed by atoms with E-state index >= 15 is 0 Å². The number of aldehydes is 1. The molecule has 19 heavy (non-hydrogen) atoms. The van der Waals surface area contributed by atoms with E-state index in [1.807, 2.05) is 12.1 Å². The summed E-state index contributed by atoms with van der Waals surface area (Å²) in [6.07, 6.45) is 2.48. The Kier molecular flexibility index (Phi) is 2.72. The molecule has 0 aliphatic rings. The van der Waals surface area contributed by atoms with Crippen LogP contribution < -0.4 is 4.74 Å². The van der Waals surface area contributed by atoms with Crippen molar-refractivity contribution in [3.8, 4) is 17.3 Å². The molecular weight excluding hydrogens is 242 g/mol. The molecule has 5 heteroatoms. The predicted octanol–water partition coefficient (Wildman–Crippen LogP) is 2.45. The average Bonchev–Trinajstić information content (AvgIpc) is 2.89. The van der Waals surface area contributed by atoms with E-state index in [4.69, 9.17) is 4.74 Å². The summed E-state index contributed by atoms with van der Waals surface area (Å²) in [5, 5.41) is 0. The second-order valence-corrected chi connectivity index (χ2v) is 4.03. The van der Waals surface area contributed by atoms with Gasteiger partial charge in [-0.3, -0.25) is 4.79 Å². The van der Waals surface area contributed by atoms with Crippen LogP contribution in [0.1, 0.15) is 10.4 Å². The number of hydrogen-bond donors (Lipinski definition) is 1. The summed E-state index contributed by atoms with van der Waals surface area (Å²) in [4.78, 5) is 22.6. The molecule has 0 atom stereocenters. The van der Waals surface area contributed by atoms with Gasteiger partial charge in [0.2, 0.25) is 0 Å². The van der Waals surface area contributed by atoms with Gasteiger partial charge in [0.25, 0.3) is 0 Å². The van der Waals surface area contributed by atoms with Gasteiger partial charge in [-0.2, -0.15) is 0 Å². The molecule has 0 radical (unpaired) electrons. The highest BCUT2D eigenvalue weighted by Gasteiger charge is 2.11. The lowest BCUT2D eigenvalue weighted by molar-refractivity contribution is 0.112. The van der Waals surface area contributed by atoms with Crippen LogP contribution in [0.4, 0.5) is 0 Å². The Morgan fingerprint density at radius 3 is 3.00 bits per heavy atom. The Bertz CT molecular complexity index is 749. The van der Waals surface area contributed by atoms with Gasteiger partial charge in [-0.25, -0.2) is 9.97 Å². The molecule has 2 heterocycles. The lowest BCUT2D eigenvalue weighted by atomic mass is 10.2. The van der Waals surface area contributed by atoms with Crippen LogP contribution in [-0.2, 0) is 0 Å². The van der Waals surface area contributed by atoms with Gasteiger partial charge in [0.05, 0.1) is 18.1 Å². The van der Waals surface area contributed by atoms with Crippen LogP contribution >= 0.6 is 0 Å². The molecule has 94 valence electrons. The number of methoxy groups -OCH3 is 1. The van der Waals surface area contributed by atoms with E-state index in [9.17, 15) is 4.79 Å². The monoisotopic (exact) mass is 253 g/mol. The number of H-pyrrole nitrogens is 1. The van der Waals surface area contributed by atoms with Gasteiger partial charge in [0.1, 0.15) is 17.7 Å². The molecule has 5 nitrogen and oxygen atoms in total. The average molecular weight is 253 g/mol. The van der Waals surface area contributed by atoms with Gasteiger partial charge < -0.3 is 9.72 Å². The summed E-state index contributed by atoms with van der Waals surface area (Å²) in [6.45, 7) is 0. The predicted molar refractivity (Wildman–Crippen MR) is 71.3 cm³/mol. The van der Waals surface area contributed by atoms with Gasteiger partial charge in [-0.05, 0) is 30.3 Å². The highest BCUT2D eigenvalue weighted by atomic mass is 16.5. The summed E-state index contributed by atoms with van der Waals surface area (Å²) in [6, 6.07) is 8.93. The third-order valence-corrected chi connectivity index (χ3v) is 2.86. The van der Waals surface area contributed by atoms with Crippen molar-refractivity contribution < 1.29 is 9.53 Å². The largest absolute Gasteiger partial charge is 0.494 e. The van der Waals surface area contributed by atoms with E-state index in [0.717, 1.165) is 17.3 Å². The number of rotatable bonds is 3. The SMILES string of the molecule is COc1cccnc1-c1nc2cc(C=O)ccc2[nH]1. The molecule has 0 spiro atoms. The van der Waals surface area contributed by atoms with Crippen LogP contribution in [0.15, 0.2) is 36.5 Å². The van der Waals surface area contributed by atoms with Crippen LogP contribution in [0, 0.1) is 0 Å². The summed E-state index contributed by atoms with van der Waals surface area (Å²) < 4.78 is 5.26. The zero-order valence-corrected chi connectivity index (χ0v) is 10.3. The minimum absolute atomic E-state index is 0.596. The number of nitrogens with one attached hydrogen (secondary N) is 1. The Morgan fingerprint density at radius 2 is 2.21 bits per heavy atom. The summed E-state index contributed by atoms with van der Waals surface area (Å²) in [7, 11) is 1.59. The molecule has 1 aromatic carbocycles. The standard InChI is InChI=1S/C14H11N3O2/c1-19-12-3-2-6-15-13(12)14-16-10-5-4-9(8-18)7-11(10)17-14/h2-8H,1H3,(H,16,17).